The maximum atomic E-state index is 13.3. The Bertz CT molecular complexity index is 1140. The summed E-state index contributed by atoms with van der Waals surface area (Å²) in [6.07, 6.45) is 4.72. The van der Waals surface area contributed by atoms with Gasteiger partial charge in [-0.05, 0) is 66.4 Å². The number of ether oxygens (including phenoxy) is 1. The van der Waals surface area contributed by atoms with Gasteiger partial charge in [-0.15, -0.1) is 0 Å². The average Bonchev–Trinajstić information content (AvgIpc) is 2.99. The van der Waals surface area contributed by atoms with Crippen molar-refractivity contribution in [1.82, 2.24) is 26.1 Å². The van der Waals surface area contributed by atoms with E-state index in [1.807, 2.05) is 32.0 Å². The maximum absolute atomic E-state index is 13.3. The molecule has 3 atom stereocenters. The number of methoxy groups -OCH3 is 1. The van der Waals surface area contributed by atoms with Crippen LogP contribution in [-0.2, 0) is 30.3 Å². The number of hydrazine groups is 1. The van der Waals surface area contributed by atoms with Gasteiger partial charge in [-0.25, -0.2) is 10.4 Å². The molecule has 0 saturated carbocycles. The number of rotatable bonds is 13. The first kappa shape index (κ1) is 35.1. The highest BCUT2D eigenvalue weighted by Crippen LogP contribution is 2.28. The largest absolute Gasteiger partial charge is 0.508 e. The summed E-state index contributed by atoms with van der Waals surface area (Å²) >= 11 is 0. The van der Waals surface area contributed by atoms with E-state index in [1.54, 1.807) is 59.1 Å². The second-order valence-corrected chi connectivity index (χ2v) is 12.2. The van der Waals surface area contributed by atoms with Gasteiger partial charge in [0.25, 0.3) is 5.91 Å². The minimum atomic E-state index is -0.863. The summed E-state index contributed by atoms with van der Waals surface area (Å²) in [5.74, 6) is -0.0989. The summed E-state index contributed by atoms with van der Waals surface area (Å²) in [6, 6.07) is 10.4. The van der Waals surface area contributed by atoms with Crippen molar-refractivity contribution >= 4 is 45.7 Å². The zero-order valence-electron chi connectivity index (χ0n) is 24.4. The first-order valence-corrected chi connectivity index (χ1v) is 16.1. The van der Waals surface area contributed by atoms with Crippen LogP contribution in [0.15, 0.2) is 53.7 Å². The van der Waals surface area contributed by atoms with E-state index in [0.29, 0.717) is 31.4 Å². The molecule has 2 aromatic rings. The molecule has 230 valence electrons. The summed E-state index contributed by atoms with van der Waals surface area (Å²) < 4.78 is 4.78. The molecule has 1 fully saturated rings. The van der Waals surface area contributed by atoms with Gasteiger partial charge < -0.3 is 25.3 Å². The van der Waals surface area contributed by atoms with E-state index < -0.39 is 24.1 Å². The summed E-state index contributed by atoms with van der Waals surface area (Å²) in [7, 11) is 6.26. The Morgan fingerprint density at radius 3 is 2.64 bits per heavy atom. The smallest absolute Gasteiger partial charge is 0.324 e. The number of carbonyl (C=O) groups excluding carboxylic acids is 4. The standard InChI is InChI=1S/C21H32N4O5.C8H9NOS2/c1-13(2)18(22-3)19(27)23-17(12-14-7-5-8-15(26)11-14)20(28)25-10-6-9-16(24-25)21(29)30-4;10-6-3-7-11-12-8-4-1-2-5-9-8/h5,7-8,11,13,16-18,22,24,26H,6,9-10,12H2,1-4H3,(H,23,27);1-2,4-6H,3,7H2. The van der Waals surface area contributed by atoms with Gasteiger partial charge in [0.15, 0.2) is 0 Å². The fourth-order valence-corrected chi connectivity index (χ4v) is 6.02. The van der Waals surface area contributed by atoms with Gasteiger partial charge in [0.2, 0.25) is 5.91 Å². The van der Waals surface area contributed by atoms with Crippen molar-refractivity contribution in [3.8, 4) is 5.75 Å². The Morgan fingerprint density at radius 2 is 2.02 bits per heavy atom. The van der Waals surface area contributed by atoms with Crippen LogP contribution in [0.3, 0.4) is 0 Å². The third-order valence-corrected chi connectivity index (χ3v) is 8.56. The van der Waals surface area contributed by atoms with Crippen molar-refractivity contribution < 1.29 is 29.0 Å². The van der Waals surface area contributed by atoms with Crippen LogP contribution in [-0.4, -0.2) is 83.7 Å². The third kappa shape index (κ3) is 12.0. The van der Waals surface area contributed by atoms with Gasteiger partial charge in [-0.2, -0.15) is 0 Å². The molecule has 1 aliphatic heterocycles. The normalized spacial score (nSPS) is 16.0. The summed E-state index contributed by atoms with van der Waals surface area (Å²) in [5.41, 5.74) is 3.62. The number of phenols is 1. The summed E-state index contributed by atoms with van der Waals surface area (Å²) in [4.78, 5) is 52.1. The molecule has 4 N–H and O–H groups in total. The van der Waals surface area contributed by atoms with E-state index in [4.69, 9.17) is 4.74 Å². The minimum absolute atomic E-state index is 0.0309. The molecule has 3 unspecified atom stereocenters. The number of hydrogen-bond acceptors (Lipinski definition) is 11. The van der Waals surface area contributed by atoms with Crippen LogP contribution in [0.2, 0.25) is 0 Å². The predicted molar refractivity (Wildman–Crippen MR) is 165 cm³/mol. The minimum Gasteiger partial charge on any atom is -0.508 e. The number of esters is 1. The number of amides is 2. The number of benzene rings is 1. The Kier molecular flexibility index (Phi) is 16.0. The topological polar surface area (TPSA) is 150 Å². The second-order valence-electron chi connectivity index (χ2n) is 9.81. The van der Waals surface area contributed by atoms with E-state index in [0.717, 1.165) is 17.1 Å². The van der Waals surface area contributed by atoms with Crippen molar-refractivity contribution in [2.24, 2.45) is 5.92 Å². The van der Waals surface area contributed by atoms with Gasteiger partial charge in [0.05, 0.1) is 13.2 Å². The zero-order chi connectivity index (χ0) is 30.9. The quantitative estimate of drug-likeness (QED) is 0.113. The van der Waals surface area contributed by atoms with Gasteiger partial charge in [-0.1, -0.05) is 42.8 Å². The molecular formula is C29H41N5O6S2. The van der Waals surface area contributed by atoms with Crippen LogP contribution >= 0.6 is 21.6 Å². The Balaban J connectivity index is 0.000000428. The lowest BCUT2D eigenvalue weighted by molar-refractivity contribution is -0.151. The molecule has 13 heteroatoms. The van der Waals surface area contributed by atoms with Crippen LogP contribution < -0.4 is 16.1 Å². The van der Waals surface area contributed by atoms with Gasteiger partial charge >= 0.3 is 5.97 Å². The predicted octanol–water partition coefficient (Wildman–Crippen LogP) is 2.74. The number of aldehydes is 1. The van der Waals surface area contributed by atoms with Crippen LogP contribution in [0.5, 0.6) is 5.75 Å². The number of aromatic hydroxyl groups is 1. The van der Waals surface area contributed by atoms with E-state index >= 15 is 0 Å². The molecule has 3 rings (SSSR count). The van der Waals surface area contributed by atoms with Crippen molar-refractivity contribution in [2.75, 3.05) is 26.5 Å². The number of carbonyl (C=O) groups is 4. The maximum Gasteiger partial charge on any atom is 0.324 e. The van der Waals surface area contributed by atoms with E-state index in [-0.39, 0.29) is 29.9 Å². The first-order valence-electron chi connectivity index (χ1n) is 13.7. The molecule has 1 aromatic carbocycles. The molecule has 1 aromatic heterocycles. The zero-order valence-corrected chi connectivity index (χ0v) is 26.1. The highest BCUT2D eigenvalue weighted by molar-refractivity contribution is 8.76. The number of pyridine rings is 1. The number of phenolic OH excluding ortho intramolecular Hbond substituents is 1. The van der Waals surface area contributed by atoms with Crippen molar-refractivity contribution in [3.63, 3.8) is 0 Å². The van der Waals surface area contributed by atoms with Gasteiger partial charge in [0, 0.05) is 31.3 Å². The molecule has 2 heterocycles. The molecule has 11 nitrogen and oxygen atoms in total. The van der Waals surface area contributed by atoms with Crippen molar-refractivity contribution in [2.45, 2.75) is 62.7 Å². The summed E-state index contributed by atoms with van der Waals surface area (Å²) in [6.45, 7) is 4.25. The Hall–Kier alpha value is -3.13. The lowest BCUT2D eigenvalue weighted by Crippen LogP contribution is -2.61. The Labute approximate surface area is 255 Å². The average molecular weight is 620 g/mol. The highest BCUT2D eigenvalue weighted by Gasteiger charge is 2.34. The molecule has 42 heavy (non-hydrogen) atoms. The molecule has 1 aliphatic rings. The number of nitrogens with one attached hydrogen (secondary N) is 3. The number of hydrogen-bond donors (Lipinski definition) is 4. The Morgan fingerprint density at radius 1 is 1.24 bits per heavy atom. The molecule has 2 amide bonds. The van der Waals surface area contributed by atoms with E-state index in [1.165, 1.54) is 12.1 Å². The molecule has 0 aliphatic carbocycles. The molecule has 0 radical (unpaired) electrons. The van der Waals surface area contributed by atoms with Crippen LogP contribution in [0.1, 0.15) is 38.7 Å². The number of nitrogens with zero attached hydrogens (tertiary/aromatic N) is 2. The van der Waals surface area contributed by atoms with Crippen LogP contribution in [0.4, 0.5) is 0 Å². The lowest BCUT2D eigenvalue weighted by Gasteiger charge is -2.35. The van der Waals surface area contributed by atoms with Gasteiger partial charge in [-0.3, -0.25) is 19.4 Å². The fourth-order valence-electron chi connectivity index (χ4n) is 4.19. The lowest BCUT2D eigenvalue weighted by atomic mass is 10.0. The third-order valence-electron chi connectivity index (χ3n) is 6.26. The fraction of sp³-hybridized carbons (Fsp3) is 0.483. The number of likely N-dealkylation sites (N-methyl/N-ethyl adjacent to an activating group) is 1. The second kappa shape index (κ2) is 19.1. The van der Waals surface area contributed by atoms with Gasteiger partial charge in [0.1, 0.15) is 29.1 Å². The molecular weight excluding hydrogens is 578 g/mol. The molecule has 1 saturated heterocycles. The number of aromatic nitrogens is 1. The van der Waals surface area contributed by atoms with Crippen molar-refractivity contribution in [1.29, 1.82) is 0 Å². The van der Waals surface area contributed by atoms with Crippen LogP contribution in [0, 0.1) is 5.92 Å². The highest BCUT2D eigenvalue weighted by atomic mass is 33.1. The molecule has 0 spiro atoms. The van der Waals surface area contributed by atoms with Crippen molar-refractivity contribution in [3.05, 3.63) is 54.2 Å². The summed E-state index contributed by atoms with van der Waals surface area (Å²) in [5, 5.41) is 17.9. The molecule has 0 bridgehead atoms. The SMILES string of the molecule is CNC(C(=O)NC(Cc1cccc(O)c1)C(=O)N1CCCC(C(=O)OC)N1)C(C)C.O=CCCSSc1ccccn1. The van der Waals surface area contributed by atoms with E-state index in [9.17, 15) is 24.3 Å². The monoisotopic (exact) mass is 619 g/mol. The first-order chi connectivity index (χ1) is 20.2. The van der Waals surface area contributed by atoms with E-state index in [2.05, 4.69) is 21.0 Å². The van der Waals surface area contributed by atoms with Crippen LogP contribution in [0.25, 0.3) is 0 Å².